The van der Waals surface area contributed by atoms with Crippen LogP contribution in [0.25, 0.3) is 21.9 Å². The molecule has 0 bridgehead atoms. The highest BCUT2D eigenvalue weighted by atomic mass is 31.2. The number of aryl methyl sites for hydroxylation is 1. The molecule has 40 heavy (non-hydrogen) atoms. The number of nitrogens with one attached hydrogen (secondary N) is 1. The van der Waals surface area contributed by atoms with Crippen molar-refractivity contribution in [3.8, 4) is 5.75 Å². The van der Waals surface area contributed by atoms with Gasteiger partial charge in [-0.2, -0.15) is 0 Å². The number of imidazole rings is 1. The fourth-order valence-electron chi connectivity index (χ4n) is 4.37. The Balaban J connectivity index is 1.25. The van der Waals surface area contributed by atoms with Crippen molar-refractivity contribution >= 4 is 35.3 Å². The number of nitrogens with zero attached hydrogens (tertiary/aromatic N) is 4. The average Bonchev–Trinajstić information content (AvgIpc) is 3.37. The van der Waals surface area contributed by atoms with Crippen LogP contribution in [-0.2, 0) is 27.2 Å². The second kappa shape index (κ2) is 12.6. The van der Waals surface area contributed by atoms with Crippen LogP contribution in [0.1, 0.15) is 18.1 Å². The van der Waals surface area contributed by atoms with E-state index in [0.717, 1.165) is 16.3 Å². The van der Waals surface area contributed by atoms with Crippen molar-refractivity contribution in [1.29, 1.82) is 0 Å². The Labute approximate surface area is 233 Å². The summed E-state index contributed by atoms with van der Waals surface area (Å²) in [7, 11) is -3.49. The zero-order valence-corrected chi connectivity index (χ0v) is 23.5. The number of aromatic nitrogens is 4. The van der Waals surface area contributed by atoms with E-state index in [-0.39, 0.29) is 12.5 Å². The van der Waals surface area contributed by atoms with Gasteiger partial charge in [-0.05, 0) is 36.4 Å². The summed E-state index contributed by atoms with van der Waals surface area (Å²) in [5.74, 6) is 0.845. The third-order valence-electron chi connectivity index (χ3n) is 6.53. The van der Waals surface area contributed by atoms with Gasteiger partial charge in [0.2, 0.25) is 0 Å². The highest BCUT2D eigenvalue weighted by molar-refractivity contribution is 7.57. The summed E-state index contributed by atoms with van der Waals surface area (Å²) < 4.78 is 34.0. The molecule has 0 unspecified atom stereocenters. The first-order chi connectivity index (χ1) is 19.4. The lowest BCUT2D eigenvalue weighted by molar-refractivity contribution is 0.0815. The molecule has 2 heterocycles. The average molecular weight is 561 g/mol. The predicted octanol–water partition coefficient (Wildman–Crippen LogP) is 5.31. The summed E-state index contributed by atoms with van der Waals surface area (Å²) in [5, 5.41) is 4.96. The van der Waals surface area contributed by atoms with Crippen LogP contribution in [0, 0.1) is 6.92 Å². The van der Waals surface area contributed by atoms with E-state index < -0.39 is 7.52 Å². The van der Waals surface area contributed by atoms with E-state index in [2.05, 4.69) is 33.0 Å². The van der Waals surface area contributed by atoms with Crippen LogP contribution in [0.4, 0.5) is 5.82 Å². The number of benzene rings is 3. The largest absolute Gasteiger partial charge is 0.431 e. The van der Waals surface area contributed by atoms with E-state index in [4.69, 9.17) is 19.7 Å². The van der Waals surface area contributed by atoms with E-state index in [9.17, 15) is 4.57 Å². The second-order valence-corrected chi connectivity index (χ2v) is 11.7. The molecule has 0 spiro atoms. The molecule has 2 atom stereocenters. The second-order valence-electron chi connectivity index (χ2n) is 9.56. The molecule has 3 N–H and O–H groups in total. The van der Waals surface area contributed by atoms with Gasteiger partial charge in [-0.3, -0.25) is 4.57 Å². The molecule has 0 saturated carbocycles. The molecule has 0 radical (unpaired) electrons. The van der Waals surface area contributed by atoms with Crippen molar-refractivity contribution in [1.82, 2.24) is 24.6 Å². The first kappa shape index (κ1) is 27.7. The van der Waals surface area contributed by atoms with E-state index in [1.54, 1.807) is 6.33 Å². The molecule has 11 heteroatoms. The quantitative estimate of drug-likeness (QED) is 0.145. The number of fused-ring (bicyclic) bond motifs is 2. The standard InChI is InChI=1S/C29H33N6O4P/c1-21-8-3-4-10-24(21)17-37-15-14-34-40(36,39-26-13-7-11-23-9-5-6-12-25(23)26)20-38-22(2)16-35-19-33-27-28(30)31-18-32-29(27)35/h3-13,18-19,22H,14-17,20H2,1-2H3,(H,34,36)(H2,30,31,32)/t22-,40-/m1/s1. The number of hydrogen-bond acceptors (Lipinski definition) is 8. The zero-order chi connectivity index (χ0) is 28.0. The summed E-state index contributed by atoms with van der Waals surface area (Å²) >= 11 is 0. The molecule has 0 aliphatic carbocycles. The summed E-state index contributed by atoms with van der Waals surface area (Å²) in [6.07, 6.45) is 2.58. The van der Waals surface area contributed by atoms with Crippen molar-refractivity contribution in [2.45, 2.75) is 33.1 Å². The van der Waals surface area contributed by atoms with Gasteiger partial charge in [0.25, 0.3) is 0 Å². The number of nitrogen functional groups attached to an aromatic ring is 1. The summed E-state index contributed by atoms with van der Waals surface area (Å²) in [4.78, 5) is 12.6. The smallest absolute Gasteiger partial charge is 0.342 e. The van der Waals surface area contributed by atoms with Gasteiger partial charge in [0.1, 0.15) is 23.9 Å². The van der Waals surface area contributed by atoms with Gasteiger partial charge in [-0.1, -0.05) is 60.7 Å². The van der Waals surface area contributed by atoms with E-state index in [1.807, 2.05) is 72.2 Å². The number of ether oxygens (including phenoxy) is 2. The van der Waals surface area contributed by atoms with Crippen molar-refractivity contribution < 1.29 is 18.6 Å². The molecule has 5 aromatic rings. The summed E-state index contributed by atoms with van der Waals surface area (Å²) in [6, 6.07) is 21.6. The molecule has 0 amide bonds. The van der Waals surface area contributed by atoms with Crippen LogP contribution >= 0.6 is 7.52 Å². The first-order valence-electron chi connectivity index (χ1n) is 13.1. The molecule has 208 valence electrons. The van der Waals surface area contributed by atoms with Crippen LogP contribution in [0.2, 0.25) is 0 Å². The van der Waals surface area contributed by atoms with E-state index in [1.165, 1.54) is 11.9 Å². The van der Waals surface area contributed by atoms with Gasteiger partial charge in [-0.25, -0.2) is 20.0 Å². The molecular formula is C29H33N6O4P. The minimum absolute atomic E-state index is 0.140. The number of anilines is 1. The lowest BCUT2D eigenvalue weighted by atomic mass is 10.1. The Morgan fingerprint density at radius 2 is 1.82 bits per heavy atom. The molecule has 0 saturated heterocycles. The lowest BCUT2D eigenvalue weighted by Crippen LogP contribution is -2.25. The predicted molar refractivity (Wildman–Crippen MR) is 156 cm³/mol. The zero-order valence-electron chi connectivity index (χ0n) is 22.6. The molecule has 2 aromatic heterocycles. The maximum atomic E-state index is 14.1. The Bertz CT molecular complexity index is 1640. The molecular weight excluding hydrogens is 527 g/mol. The Morgan fingerprint density at radius 1 is 1.02 bits per heavy atom. The molecule has 0 fully saturated rings. The first-order valence-corrected chi connectivity index (χ1v) is 14.9. The highest BCUT2D eigenvalue weighted by Gasteiger charge is 2.27. The van der Waals surface area contributed by atoms with Gasteiger partial charge in [-0.15, -0.1) is 0 Å². The Kier molecular flexibility index (Phi) is 8.72. The maximum Gasteiger partial charge on any atom is 0.342 e. The number of rotatable bonds is 13. The molecule has 0 aliphatic rings. The fraction of sp³-hybridized carbons (Fsp3) is 0.276. The normalized spacial score (nSPS) is 13.8. The Hall–Kier alpha value is -3.82. The van der Waals surface area contributed by atoms with Gasteiger partial charge >= 0.3 is 7.52 Å². The van der Waals surface area contributed by atoms with Crippen LogP contribution < -0.4 is 15.3 Å². The van der Waals surface area contributed by atoms with Gasteiger partial charge in [0.05, 0.1) is 32.2 Å². The minimum Gasteiger partial charge on any atom is -0.431 e. The number of nitrogens with two attached hydrogens (primary N) is 1. The summed E-state index contributed by atoms with van der Waals surface area (Å²) in [5.41, 5.74) is 9.34. The SMILES string of the molecule is Cc1ccccc1COCCN[P@@](=O)(CO[C@H](C)Cn1cnc2c(N)ncnc21)Oc1cccc2ccccc12. The fourth-order valence-corrected chi connectivity index (χ4v) is 5.94. The third-order valence-corrected chi connectivity index (χ3v) is 8.21. The Morgan fingerprint density at radius 3 is 2.70 bits per heavy atom. The third kappa shape index (κ3) is 6.66. The van der Waals surface area contributed by atoms with Crippen molar-refractivity contribution in [2.24, 2.45) is 0 Å². The minimum atomic E-state index is -3.49. The molecule has 5 rings (SSSR count). The molecule has 0 aliphatic heterocycles. The molecule has 3 aromatic carbocycles. The molecule has 10 nitrogen and oxygen atoms in total. The monoisotopic (exact) mass is 560 g/mol. The van der Waals surface area contributed by atoms with E-state index >= 15 is 0 Å². The highest BCUT2D eigenvalue weighted by Crippen LogP contribution is 2.45. The van der Waals surface area contributed by atoms with Crippen LogP contribution in [0.5, 0.6) is 5.75 Å². The maximum absolute atomic E-state index is 14.1. The van der Waals surface area contributed by atoms with Crippen molar-refractivity contribution in [3.63, 3.8) is 0 Å². The van der Waals surface area contributed by atoms with Crippen LogP contribution in [0.15, 0.2) is 79.4 Å². The summed E-state index contributed by atoms with van der Waals surface area (Å²) in [6.45, 7) is 5.53. The lowest BCUT2D eigenvalue weighted by Gasteiger charge is -2.23. The van der Waals surface area contributed by atoms with Crippen molar-refractivity contribution in [2.75, 3.05) is 25.2 Å². The van der Waals surface area contributed by atoms with Gasteiger partial charge in [0, 0.05) is 11.9 Å². The topological polar surface area (TPSA) is 126 Å². The van der Waals surface area contributed by atoms with Gasteiger partial charge in [0.15, 0.2) is 11.5 Å². The van der Waals surface area contributed by atoms with Crippen molar-refractivity contribution in [3.05, 3.63) is 90.5 Å². The van der Waals surface area contributed by atoms with Crippen LogP contribution in [0.3, 0.4) is 0 Å². The number of hydrogen-bond donors (Lipinski definition) is 2. The van der Waals surface area contributed by atoms with Gasteiger partial charge < -0.3 is 24.3 Å². The van der Waals surface area contributed by atoms with Crippen LogP contribution in [-0.4, -0.2) is 45.1 Å². The van der Waals surface area contributed by atoms with E-state index in [0.29, 0.717) is 49.0 Å².